The number of halogens is 1. The molecule has 0 saturated carbocycles. The summed E-state index contributed by atoms with van der Waals surface area (Å²) < 4.78 is 0. The second kappa shape index (κ2) is 9.74. The van der Waals surface area contributed by atoms with E-state index in [9.17, 15) is 9.59 Å². The number of nitrogens with one attached hydrogen (secondary N) is 1. The largest absolute Gasteiger partial charge is 0.395 e. The van der Waals surface area contributed by atoms with Crippen molar-refractivity contribution in [3.05, 3.63) is 12.7 Å². The molecule has 0 aromatic rings. The van der Waals surface area contributed by atoms with Gasteiger partial charge in [-0.25, -0.2) is 0 Å². The molecule has 0 radical (unpaired) electrons. The van der Waals surface area contributed by atoms with Crippen LogP contribution in [-0.2, 0) is 9.59 Å². The van der Waals surface area contributed by atoms with Crippen molar-refractivity contribution in [3.8, 4) is 0 Å². The number of aliphatic hydroxyl groups is 1. The number of aliphatic hydroxyl groups excluding tert-OH is 1. The summed E-state index contributed by atoms with van der Waals surface area (Å²) in [5.41, 5.74) is 0. The van der Waals surface area contributed by atoms with E-state index in [2.05, 4.69) is 11.9 Å². The minimum absolute atomic E-state index is 0. The summed E-state index contributed by atoms with van der Waals surface area (Å²) in [7, 11) is 0. The molecule has 6 nitrogen and oxygen atoms in total. The summed E-state index contributed by atoms with van der Waals surface area (Å²) >= 11 is 0. The maximum absolute atomic E-state index is 12.1. The van der Waals surface area contributed by atoms with Crippen LogP contribution in [0.15, 0.2) is 12.7 Å². The zero-order chi connectivity index (χ0) is 14.3. The maximum Gasteiger partial charge on any atom is 0.240 e. The van der Waals surface area contributed by atoms with Crippen LogP contribution in [-0.4, -0.2) is 72.1 Å². The Balaban J connectivity index is 0.00000361. The summed E-state index contributed by atoms with van der Waals surface area (Å²) in [6.45, 7) is 8.11. The Bertz CT molecular complexity index is 339. The topological polar surface area (TPSA) is 72.9 Å². The van der Waals surface area contributed by atoms with Crippen molar-refractivity contribution in [2.75, 3.05) is 39.3 Å². The van der Waals surface area contributed by atoms with Gasteiger partial charge in [0.25, 0.3) is 0 Å². The summed E-state index contributed by atoms with van der Waals surface area (Å²) in [5, 5.41) is 12.0. The van der Waals surface area contributed by atoms with Crippen LogP contribution in [0.3, 0.4) is 0 Å². The standard InChI is InChI=1S/C13H23N3O3.ClH/c1-3-6-16-7-5-14-11(13(16)19)10-12(18)15(4-2)8-9-17;/h3,11,14,17H,1,4-10H2,2H3;1H. The molecule has 1 rings (SSSR count). The number of hydrogen-bond donors (Lipinski definition) is 2. The van der Waals surface area contributed by atoms with Crippen LogP contribution in [0, 0.1) is 0 Å². The lowest BCUT2D eigenvalue weighted by molar-refractivity contribution is -0.140. The van der Waals surface area contributed by atoms with E-state index in [1.54, 1.807) is 15.9 Å². The van der Waals surface area contributed by atoms with E-state index in [4.69, 9.17) is 5.11 Å². The van der Waals surface area contributed by atoms with Gasteiger partial charge in [-0.3, -0.25) is 9.59 Å². The van der Waals surface area contributed by atoms with Gasteiger partial charge in [0, 0.05) is 32.7 Å². The monoisotopic (exact) mass is 305 g/mol. The van der Waals surface area contributed by atoms with Crippen molar-refractivity contribution in [2.45, 2.75) is 19.4 Å². The van der Waals surface area contributed by atoms with Gasteiger partial charge in [-0.15, -0.1) is 19.0 Å². The lowest BCUT2D eigenvalue weighted by Gasteiger charge is -2.33. The molecule has 0 spiro atoms. The minimum Gasteiger partial charge on any atom is -0.395 e. The SMILES string of the molecule is C=CCN1CCNC(CC(=O)N(CC)CCO)C1=O.Cl. The molecule has 1 aliphatic rings. The quantitative estimate of drug-likeness (QED) is 0.629. The molecule has 1 heterocycles. The van der Waals surface area contributed by atoms with Gasteiger partial charge in [0.05, 0.1) is 19.1 Å². The van der Waals surface area contributed by atoms with Crippen molar-refractivity contribution in [2.24, 2.45) is 0 Å². The molecular weight excluding hydrogens is 282 g/mol. The van der Waals surface area contributed by atoms with Gasteiger partial charge in [-0.05, 0) is 6.92 Å². The van der Waals surface area contributed by atoms with Gasteiger partial charge in [0.15, 0.2) is 0 Å². The van der Waals surface area contributed by atoms with Crippen LogP contribution in [0.1, 0.15) is 13.3 Å². The van der Waals surface area contributed by atoms with E-state index in [-0.39, 0.29) is 37.2 Å². The van der Waals surface area contributed by atoms with E-state index >= 15 is 0 Å². The molecule has 7 heteroatoms. The molecule has 1 saturated heterocycles. The van der Waals surface area contributed by atoms with E-state index in [1.807, 2.05) is 6.92 Å². The third kappa shape index (κ3) is 5.11. The van der Waals surface area contributed by atoms with Gasteiger partial charge >= 0.3 is 0 Å². The zero-order valence-corrected chi connectivity index (χ0v) is 12.7. The third-order valence-corrected chi connectivity index (χ3v) is 3.21. The van der Waals surface area contributed by atoms with Crippen LogP contribution in [0.4, 0.5) is 0 Å². The van der Waals surface area contributed by atoms with E-state index in [1.165, 1.54) is 0 Å². The first-order valence-electron chi connectivity index (χ1n) is 6.65. The Labute approximate surface area is 126 Å². The Hall–Kier alpha value is -1.11. The van der Waals surface area contributed by atoms with Crippen LogP contribution in [0.2, 0.25) is 0 Å². The zero-order valence-electron chi connectivity index (χ0n) is 11.9. The Morgan fingerprint density at radius 3 is 2.90 bits per heavy atom. The highest BCUT2D eigenvalue weighted by atomic mass is 35.5. The molecule has 0 aromatic heterocycles. The first-order chi connectivity index (χ1) is 9.13. The second-order valence-electron chi connectivity index (χ2n) is 4.48. The fraction of sp³-hybridized carbons (Fsp3) is 0.692. The average Bonchev–Trinajstić information content (AvgIpc) is 2.40. The predicted octanol–water partition coefficient (Wildman–Crippen LogP) is -0.374. The highest BCUT2D eigenvalue weighted by Gasteiger charge is 2.30. The molecule has 20 heavy (non-hydrogen) atoms. The molecule has 1 aliphatic heterocycles. The summed E-state index contributed by atoms with van der Waals surface area (Å²) in [6, 6.07) is -0.464. The van der Waals surface area contributed by atoms with Crippen molar-refractivity contribution < 1.29 is 14.7 Å². The lowest BCUT2D eigenvalue weighted by Crippen LogP contribution is -2.56. The number of amides is 2. The van der Waals surface area contributed by atoms with Gasteiger partial charge in [0.2, 0.25) is 11.8 Å². The van der Waals surface area contributed by atoms with Crippen molar-refractivity contribution in [3.63, 3.8) is 0 Å². The van der Waals surface area contributed by atoms with Crippen molar-refractivity contribution in [1.29, 1.82) is 0 Å². The lowest BCUT2D eigenvalue weighted by atomic mass is 10.1. The minimum atomic E-state index is -0.464. The molecule has 1 fully saturated rings. The number of carbonyl (C=O) groups is 2. The van der Waals surface area contributed by atoms with Crippen molar-refractivity contribution in [1.82, 2.24) is 15.1 Å². The fourth-order valence-corrected chi connectivity index (χ4v) is 2.17. The molecule has 2 N–H and O–H groups in total. The third-order valence-electron chi connectivity index (χ3n) is 3.21. The molecule has 0 aromatic carbocycles. The van der Waals surface area contributed by atoms with E-state index in [0.29, 0.717) is 32.7 Å². The fourth-order valence-electron chi connectivity index (χ4n) is 2.17. The van der Waals surface area contributed by atoms with E-state index in [0.717, 1.165) is 0 Å². The van der Waals surface area contributed by atoms with Crippen LogP contribution in [0.25, 0.3) is 0 Å². The number of nitrogens with zero attached hydrogens (tertiary/aromatic N) is 2. The number of rotatable bonds is 7. The predicted molar refractivity (Wildman–Crippen MR) is 79.8 cm³/mol. The number of piperazine rings is 1. The average molecular weight is 306 g/mol. The molecule has 0 bridgehead atoms. The van der Waals surface area contributed by atoms with E-state index < -0.39 is 6.04 Å². The molecule has 1 atom stereocenters. The highest BCUT2D eigenvalue weighted by molar-refractivity contribution is 5.89. The number of hydrogen-bond acceptors (Lipinski definition) is 4. The van der Waals surface area contributed by atoms with Crippen LogP contribution in [0.5, 0.6) is 0 Å². The van der Waals surface area contributed by atoms with Gasteiger partial charge in [-0.1, -0.05) is 6.08 Å². The number of likely N-dealkylation sites (N-methyl/N-ethyl adjacent to an activating group) is 1. The van der Waals surface area contributed by atoms with Crippen LogP contribution < -0.4 is 5.32 Å². The summed E-state index contributed by atoms with van der Waals surface area (Å²) in [4.78, 5) is 27.4. The second-order valence-corrected chi connectivity index (χ2v) is 4.48. The molecule has 1 unspecified atom stereocenters. The molecule has 116 valence electrons. The Kier molecular flexibility index (Phi) is 9.20. The Morgan fingerprint density at radius 2 is 2.35 bits per heavy atom. The Morgan fingerprint density at radius 1 is 1.65 bits per heavy atom. The first-order valence-corrected chi connectivity index (χ1v) is 6.65. The van der Waals surface area contributed by atoms with Gasteiger partial charge < -0.3 is 20.2 Å². The smallest absolute Gasteiger partial charge is 0.240 e. The first kappa shape index (κ1) is 18.9. The summed E-state index contributed by atoms with van der Waals surface area (Å²) in [6.07, 6.45) is 1.83. The van der Waals surface area contributed by atoms with Crippen LogP contribution >= 0.6 is 12.4 Å². The molecule has 0 aliphatic carbocycles. The summed E-state index contributed by atoms with van der Waals surface area (Å²) in [5.74, 6) is -0.164. The molecular formula is C13H24ClN3O3. The highest BCUT2D eigenvalue weighted by Crippen LogP contribution is 2.07. The maximum atomic E-state index is 12.1. The normalized spacial score (nSPS) is 18.4. The van der Waals surface area contributed by atoms with Gasteiger partial charge in [-0.2, -0.15) is 0 Å². The number of carbonyl (C=O) groups excluding carboxylic acids is 2. The van der Waals surface area contributed by atoms with Crippen molar-refractivity contribution >= 4 is 24.2 Å². The molecule has 2 amide bonds. The van der Waals surface area contributed by atoms with Gasteiger partial charge in [0.1, 0.15) is 0 Å².